The average molecular weight is 641 g/mol. The van der Waals surface area contributed by atoms with Crippen molar-refractivity contribution in [3.8, 4) is 17.1 Å². The highest BCUT2D eigenvalue weighted by Gasteiger charge is 2.27. The number of carbonyl (C=O) groups is 2. The number of hydrogen-bond donors (Lipinski definition) is 1. The quantitative estimate of drug-likeness (QED) is 0.129. The molecule has 5 aromatic rings. The van der Waals surface area contributed by atoms with Gasteiger partial charge in [0, 0.05) is 21.7 Å². The highest BCUT2D eigenvalue weighted by Crippen LogP contribution is 2.38. The summed E-state index contributed by atoms with van der Waals surface area (Å²) < 4.78 is 20.4. The van der Waals surface area contributed by atoms with Crippen LogP contribution in [-0.2, 0) is 22.7 Å². The van der Waals surface area contributed by atoms with E-state index in [-0.39, 0.29) is 0 Å². The minimum atomic E-state index is -1.17. The Kier molecular flexibility index (Phi) is 8.48. The van der Waals surface area contributed by atoms with E-state index in [1.165, 1.54) is 20.6 Å². The summed E-state index contributed by atoms with van der Waals surface area (Å²) in [5.74, 6) is 0.573. The van der Waals surface area contributed by atoms with Crippen LogP contribution in [0, 0.1) is 0 Å². The molecule has 0 amide bonds. The van der Waals surface area contributed by atoms with Gasteiger partial charge in [0.15, 0.2) is 0 Å². The molecular weight excluding hydrogens is 610 g/mol. The highest BCUT2D eigenvalue weighted by atomic mass is 79.9. The van der Waals surface area contributed by atoms with Crippen LogP contribution >= 0.6 is 27.3 Å². The number of nitrogens with zero attached hydrogens (tertiary/aromatic N) is 3. The fourth-order valence-corrected chi connectivity index (χ4v) is 5.68. The highest BCUT2D eigenvalue weighted by molar-refractivity contribution is 9.09. The Balaban J connectivity index is 1.57. The Labute approximate surface area is 249 Å². The molecule has 0 radical (unpaired) electrons. The van der Waals surface area contributed by atoms with Gasteiger partial charge in [0.1, 0.15) is 17.0 Å². The largest absolute Gasteiger partial charge is 0.493 e. The number of fused-ring (bicyclic) bond motifs is 2. The fraction of sp³-hybridized carbons (Fsp3) is 0.300. The van der Waals surface area contributed by atoms with Gasteiger partial charge in [-0.2, -0.15) is 9.78 Å². The predicted octanol–water partition coefficient (Wildman–Crippen LogP) is 7.91. The smallest absolute Gasteiger partial charge is 0.435 e. The summed E-state index contributed by atoms with van der Waals surface area (Å²) in [7, 11) is 0. The van der Waals surface area contributed by atoms with E-state index in [1.54, 1.807) is 32.9 Å². The second-order valence-corrected chi connectivity index (χ2v) is 12.3. The summed E-state index contributed by atoms with van der Waals surface area (Å²) >= 11 is 4.79. The molecule has 5 rings (SSSR count). The number of aromatic nitrogens is 3. The van der Waals surface area contributed by atoms with Gasteiger partial charge in [-0.25, -0.2) is 14.2 Å². The van der Waals surface area contributed by atoms with Crippen molar-refractivity contribution < 1.29 is 28.9 Å². The topological polar surface area (TPSA) is 105 Å². The van der Waals surface area contributed by atoms with E-state index in [1.807, 2.05) is 48.5 Å². The van der Waals surface area contributed by atoms with E-state index >= 15 is 0 Å². The summed E-state index contributed by atoms with van der Waals surface area (Å²) in [6, 6.07) is 18.8. The number of thiophene rings is 1. The molecule has 0 aliphatic carbocycles. The molecule has 1 N–H and O–H groups in total. The van der Waals surface area contributed by atoms with Crippen molar-refractivity contribution in [1.82, 2.24) is 14.3 Å². The second kappa shape index (κ2) is 12.1. The number of alkyl halides is 1. The monoisotopic (exact) mass is 639 g/mol. The predicted molar refractivity (Wildman–Crippen MR) is 162 cm³/mol. The van der Waals surface area contributed by atoms with E-state index in [2.05, 4.69) is 21.0 Å². The Bertz CT molecular complexity index is 1700. The summed E-state index contributed by atoms with van der Waals surface area (Å²) in [6.07, 6.45) is -1.00. The molecule has 2 aromatic carbocycles. The van der Waals surface area contributed by atoms with E-state index in [9.17, 15) is 14.7 Å². The van der Waals surface area contributed by atoms with Crippen LogP contribution in [0.5, 0.6) is 5.75 Å². The minimum Gasteiger partial charge on any atom is -0.493 e. The molecule has 214 valence electrons. The van der Waals surface area contributed by atoms with Gasteiger partial charge in [-0.05, 0) is 57.0 Å². The van der Waals surface area contributed by atoms with Crippen LogP contribution in [0.15, 0.2) is 60.7 Å². The standard InChI is InChI=1S/C30H30BrN3O6S/c1-30(2,3)40-29(37)34-25-16-22(18-38-17-19-8-5-4-6-9-19)41-27(25)26(32-34)24-14-20-10-11-21(39-13-7-12-31)15-23(20)33(24)28(35)36/h4-6,8-11,14-16H,7,12-13,17-18H2,1-3H3,(H,35,36). The summed E-state index contributed by atoms with van der Waals surface area (Å²) in [6.45, 7) is 6.60. The number of ether oxygens (including phenoxy) is 3. The number of halogens is 1. The molecule has 3 aromatic heterocycles. The maximum atomic E-state index is 13.2. The first kappa shape index (κ1) is 28.8. The normalized spacial score (nSPS) is 11.8. The number of rotatable bonds is 9. The molecule has 0 aliphatic rings. The molecular formula is C30H30BrN3O6S. The van der Waals surface area contributed by atoms with Crippen LogP contribution in [0.1, 0.15) is 37.6 Å². The van der Waals surface area contributed by atoms with Crippen molar-refractivity contribution in [2.24, 2.45) is 0 Å². The third-order valence-corrected chi connectivity index (χ3v) is 7.75. The van der Waals surface area contributed by atoms with Crippen molar-refractivity contribution in [3.05, 3.63) is 71.1 Å². The van der Waals surface area contributed by atoms with Crippen LogP contribution in [0.2, 0.25) is 0 Å². The molecule has 0 spiro atoms. The zero-order valence-electron chi connectivity index (χ0n) is 22.9. The maximum Gasteiger partial charge on any atom is 0.435 e. The summed E-state index contributed by atoms with van der Waals surface area (Å²) in [5.41, 5.74) is 2.01. The van der Waals surface area contributed by atoms with Gasteiger partial charge in [-0.1, -0.05) is 46.3 Å². The lowest BCUT2D eigenvalue weighted by atomic mass is 10.2. The molecule has 11 heteroatoms. The molecule has 0 saturated carbocycles. The zero-order valence-corrected chi connectivity index (χ0v) is 25.3. The Morgan fingerprint density at radius 1 is 1.02 bits per heavy atom. The van der Waals surface area contributed by atoms with Crippen molar-refractivity contribution in [1.29, 1.82) is 0 Å². The molecule has 0 atom stereocenters. The number of carboxylic acid groups (broad SMARTS) is 1. The Morgan fingerprint density at radius 2 is 1.80 bits per heavy atom. The van der Waals surface area contributed by atoms with Gasteiger partial charge in [-0.3, -0.25) is 0 Å². The second-order valence-electron chi connectivity index (χ2n) is 10.4. The van der Waals surface area contributed by atoms with Crippen molar-refractivity contribution >= 4 is 60.6 Å². The Morgan fingerprint density at radius 3 is 2.51 bits per heavy atom. The molecule has 0 saturated heterocycles. The van der Waals surface area contributed by atoms with Crippen molar-refractivity contribution in [2.45, 2.75) is 46.0 Å². The summed E-state index contributed by atoms with van der Waals surface area (Å²) in [5, 5.41) is 16.4. The maximum absolute atomic E-state index is 13.2. The van der Waals surface area contributed by atoms with Crippen molar-refractivity contribution in [3.63, 3.8) is 0 Å². The zero-order chi connectivity index (χ0) is 29.1. The van der Waals surface area contributed by atoms with Gasteiger partial charge < -0.3 is 19.3 Å². The van der Waals surface area contributed by atoms with Crippen LogP contribution in [0.4, 0.5) is 9.59 Å². The first-order valence-electron chi connectivity index (χ1n) is 13.1. The van der Waals surface area contributed by atoms with E-state index in [4.69, 9.17) is 14.2 Å². The molecule has 9 nitrogen and oxygen atoms in total. The van der Waals surface area contributed by atoms with Crippen molar-refractivity contribution in [2.75, 3.05) is 11.9 Å². The molecule has 0 unspecified atom stereocenters. The first-order chi connectivity index (χ1) is 19.6. The minimum absolute atomic E-state index is 0.318. The van der Waals surface area contributed by atoms with Crippen LogP contribution in [0.25, 0.3) is 32.5 Å². The van der Waals surface area contributed by atoms with Gasteiger partial charge in [-0.15, -0.1) is 11.3 Å². The van der Waals surface area contributed by atoms with Crippen LogP contribution in [0.3, 0.4) is 0 Å². The number of hydrogen-bond acceptors (Lipinski definition) is 7. The van der Waals surface area contributed by atoms with Gasteiger partial charge in [0.2, 0.25) is 0 Å². The number of benzene rings is 2. The molecule has 3 heterocycles. The van der Waals surface area contributed by atoms with Gasteiger partial charge in [0.25, 0.3) is 0 Å². The lowest BCUT2D eigenvalue weighted by Crippen LogP contribution is -2.27. The molecule has 0 bridgehead atoms. The molecule has 41 heavy (non-hydrogen) atoms. The molecule has 0 fully saturated rings. The van der Waals surface area contributed by atoms with Gasteiger partial charge >= 0.3 is 12.2 Å². The third-order valence-electron chi connectivity index (χ3n) is 6.09. The van der Waals surface area contributed by atoms with Crippen LogP contribution in [-0.4, -0.2) is 49.2 Å². The summed E-state index contributed by atoms with van der Waals surface area (Å²) in [4.78, 5) is 26.6. The molecule has 0 aliphatic heterocycles. The fourth-order valence-electron chi connectivity index (χ4n) is 4.38. The first-order valence-corrected chi connectivity index (χ1v) is 15.0. The van der Waals surface area contributed by atoms with E-state index in [0.717, 1.165) is 22.2 Å². The number of carbonyl (C=O) groups excluding carboxylic acids is 1. The van der Waals surface area contributed by atoms with Gasteiger partial charge in [0.05, 0.1) is 41.2 Å². The SMILES string of the molecule is CC(C)(C)OC(=O)n1nc(-c2cc3ccc(OCCCBr)cc3n2C(=O)O)c2sc(COCc3ccccc3)cc21. The van der Waals surface area contributed by atoms with Crippen LogP contribution < -0.4 is 4.74 Å². The lowest BCUT2D eigenvalue weighted by Gasteiger charge is -2.19. The van der Waals surface area contributed by atoms with E-state index < -0.39 is 17.8 Å². The average Bonchev–Trinajstić information content (AvgIpc) is 3.59. The lowest BCUT2D eigenvalue weighted by molar-refractivity contribution is 0.0523. The Hall–Kier alpha value is -3.67. The van der Waals surface area contributed by atoms with E-state index in [0.29, 0.717) is 58.1 Å². The third kappa shape index (κ3) is 6.47.